The molecule has 0 N–H and O–H groups in total. The second-order valence-electron chi connectivity index (χ2n) is 5.95. The van der Waals surface area contributed by atoms with Crippen molar-refractivity contribution in [2.24, 2.45) is 0 Å². The molecule has 0 atom stereocenters. The van der Waals surface area contributed by atoms with Gasteiger partial charge in [-0.2, -0.15) is 4.31 Å². The molecule has 1 amide bonds. The highest BCUT2D eigenvalue weighted by atomic mass is 32.2. The van der Waals surface area contributed by atoms with Crippen LogP contribution in [0.3, 0.4) is 0 Å². The molecule has 1 aliphatic rings. The van der Waals surface area contributed by atoms with Gasteiger partial charge in [0.1, 0.15) is 16.4 Å². The fraction of sp³-hybridized carbons (Fsp3) is 0.333. The Morgan fingerprint density at radius 2 is 1.81 bits per heavy atom. The van der Waals surface area contributed by atoms with Crippen molar-refractivity contribution in [2.45, 2.75) is 4.90 Å². The quantitative estimate of drug-likeness (QED) is 0.762. The van der Waals surface area contributed by atoms with Crippen molar-refractivity contribution in [1.29, 1.82) is 0 Å². The molecule has 8 nitrogen and oxygen atoms in total. The van der Waals surface area contributed by atoms with Crippen molar-refractivity contribution in [1.82, 2.24) is 14.2 Å². The fourth-order valence-electron chi connectivity index (χ4n) is 2.93. The van der Waals surface area contributed by atoms with E-state index in [1.807, 2.05) is 0 Å². The van der Waals surface area contributed by atoms with Gasteiger partial charge in [0.2, 0.25) is 10.0 Å². The van der Waals surface area contributed by atoms with Gasteiger partial charge in [0.15, 0.2) is 0 Å². The van der Waals surface area contributed by atoms with E-state index in [4.69, 9.17) is 9.47 Å². The van der Waals surface area contributed by atoms with Crippen LogP contribution in [0, 0.1) is 0 Å². The Morgan fingerprint density at radius 1 is 1.07 bits per heavy atom. The topological polar surface area (TPSA) is 89.0 Å². The minimum Gasteiger partial charge on any atom is -0.497 e. The Bertz CT molecular complexity index is 910. The molecular weight excluding hydrogens is 370 g/mol. The zero-order valence-corrected chi connectivity index (χ0v) is 16.0. The SMILES string of the molecule is COc1ccc(S(=O)(=O)N2CCN(C(=O)c3cccnc3)CC2)c(OC)c1. The minimum atomic E-state index is -3.74. The first kappa shape index (κ1) is 19.1. The lowest BCUT2D eigenvalue weighted by Crippen LogP contribution is -2.50. The summed E-state index contributed by atoms with van der Waals surface area (Å²) in [6.45, 7) is 1.05. The highest BCUT2D eigenvalue weighted by molar-refractivity contribution is 7.89. The van der Waals surface area contributed by atoms with Gasteiger partial charge in [-0.25, -0.2) is 8.42 Å². The summed E-state index contributed by atoms with van der Waals surface area (Å²) in [5.41, 5.74) is 0.491. The number of amides is 1. The first-order valence-corrected chi connectivity index (χ1v) is 9.83. The molecule has 0 unspecified atom stereocenters. The van der Waals surface area contributed by atoms with E-state index in [1.54, 1.807) is 29.3 Å². The average molecular weight is 391 g/mol. The van der Waals surface area contributed by atoms with Crippen molar-refractivity contribution < 1.29 is 22.7 Å². The van der Waals surface area contributed by atoms with Crippen molar-refractivity contribution in [3.8, 4) is 11.5 Å². The molecule has 0 radical (unpaired) electrons. The summed E-state index contributed by atoms with van der Waals surface area (Å²) in [6, 6.07) is 7.98. The van der Waals surface area contributed by atoms with Gasteiger partial charge in [-0.15, -0.1) is 0 Å². The molecule has 0 aliphatic carbocycles. The van der Waals surface area contributed by atoms with Gasteiger partial charge in [0, 0.05) is 44.6 Å². The maximum atomic E-state index is 13.0. The summed E-state index contributed by atoms with van der Waals surface area (Å²) in [7, 11) is -0.825. The van der Waals surface area contributed by atoms with Crippen molar-refractivity contribution in [3.63, 3.8) is 0 Å². The van der Waals surface area contributed by atoms with E-state index in [9.17, 15) is 13.2 Å². The molecule has 1 aliphatic heterocycles. The second-order valence-corrected chi connectivity index (χ2v) is 7.86. The molecule has 9 heteroatoms. The predicted octanol–water partition coefficient (Wildman–Crippen LogP) is 1.25. The summed E-state index contributed by atoms with van der Waals surface area (Å²) in [4.78, 5) is 18.1. The first-order chi connectivity index (χ1) is 13.0. The second kappa shape index (κ2) is 7.93. The van der Waals surface area contributed by atoms with Gasteiger partial charge >= 0.3 is 0 Å². The van der Waals surface area contributed by atoms with Crippen LogP contribution in [0.2, 0.25) is 0 Å². The Hall–Kier alpha value is -2.65. The van der Waals surface area contributed by atoms with Crippen LogP contribution in [-0.2, 0) is 10.0 Å². The minimum absolute atomic E-state index is 0.0813. The van der Waals surface area contributed by atoms with Gasteiger partial charge in [-0.1, -0.05) is 0 Å². The van der Waals surface area contributed by atoms with Gasteiger partial charge in [-0.05, 0) is 24.3 Å². The normalized spacial score (nSPS) is 15.4. The van der Waals surface area contributed by atoms with E-state index < -0.39 is 10.0 Å². The number of aromatic nitrogens is 1. The number of benzene rings is 1. The molecule has 1 saturated heterocycles. The van der Waals surface area contributed by atoms with Crippen LogP contribution in [0.4, 0.5) is 0 Å². The highest BCUT2D eigenvalue weighted by Crippen LogP contribution is 2.31. The van der Waals surface area contributed by atoms with E-state index in [2.05, 4.69) is 4.98 Å². The maximum Gasteiger partial charge on any atom is 0.255 e. The molecule has 1 fully saturated rings. The van der Waals surface area contributed by atoms with Crippen LogP contribution >= 0.6 is 0 Å². The fourth-order valence-corrected chi connectivity index (χ4v) is 4.49. The molecule has 1 aromatic heterocycles. The first-order valence-electron chi connectivity index (χ1n) is 8.39. The smallest absolute Gasteiger partial charge is 0.255 e. The molecular formula is C18H21N3O5S. The molecule has 27 heavy (non-hydrogen) atoms. The Kier molecular flexibility index (Phi) is 5.62. The standard InChI is InChI=1S/C18H21N3O5S/c1-25-15-5-6-17(16(12-15)26-2)27(23,24)21-10-8-20(9-11-21)18(22)14-4-3-7-19-13-14/h3-7,12-13H,8-11H2,1-2H3. The largest absolute Gasteiger partial charge is 0.497 e. The zero-order valence-electron chi connectivity index (χ0n) is 15.2. The number of methoxy groups -OCH3 is 2. The molecule has 1 aromatic carbocycles. The lowest BCUT2D eigenvalue weighted by molar-refractivity contribution is 0.0697. The van der Waals surface area contributed by atoms with Crippen molar-refractivity contribution in [3.05, 3.63) is 48.3 Å². The van der Waals surface area contributed by atoms with Gasteiger partial charge in [-0.3, -0.25) is 9.78 Å². The van der Waals surface area contributed by atoms with Crippen molar-refractivity contribution in [2.75, 3.05) is 40.4 Å². The molecule has 0 bridgehead atoms. The van der Waals surface area contributed by atoms with Crippen LogP contribution in [0.5, 0.6) is 11.5 Å². The van der Waals surface area contributed by atoms with Crippen molar-refractivity contribution >= 4 is 15.9 Å². The lowest BCUT2D eigenvalue weighted by atomic mass is 10.2. The highest BCUT2D eigenvalue weighted by Gasteiger charge is 2.32. The summed E-state index contributed by atoms with van der Waals surface area (Å²) >= 11 is 0. The van der Waals surface area contributed by atoms with E-state index in [0.717, 1.165) is 0 Å². The summed E-state index contributed by atoms with van der Waals surface area (Å²) in [6.07, 6.45) is 3.11. The van der Waals surface area contributed by atoms with Gasteiger partial charge in [0.05, 0.1) is 19.8 Å². The van der Waals surface area contributed by atoms with Gasteiger partial charge < -0.3 is 14.4 Å². The number of carbonyl (C=O) groups excluding carboxylic acids is 1. The van der Waals surface area contributed by atoms with Crippen LogP contribution in [0.15, 0.2) is 47.6 Å². The van der Waals surface area contributed by atoms with Crippen LogP contribution in [0.1, 0.15) is 10.4 Å². The van der Waals surface area contributed by atoms with E-state index in [-0.39, 0.29) is 29.6 Å². The summed E-state index contributed by atoms with van der Waals surface area (Å²) < 4.78 is 37.7. The van der Waals surface area contributed by atoms with E-state index in [0.29, 0.717) is 24.4 Å². The predicted molar refractivity (Wildman–Crippen MR) is 98.4 cm³/mol. The Labute approximate surface area is 158 Å². The number of piperazine rings is 1. The number of sulfonamides is 1. The lowest BCUT2D eigenvalue weighted by Gasteiger charge is -2.34. The third-order valence-corrected chi connectivity index (χ3v) is 6.36. The Morgan fingerprint density at radius 3 is 2.41 bits per heavy atom. The monoisotopic (exact) mass is 391 g/mol. The van der Waals surface area contributed by atoms with E-state index >= 15 is 0 Å². The number of hydrogen-bond acceptors (Lipinski definition) is 6. The van der Waals surface area contributed by atoms with Gasteiger partial charge in [0.25, 0.3) is 5.91 Å². The number of carbonyl (C=O) groups is 1. The van der Waals surface area contributed by atoms with E-state index in [1.165, 1.54) is 36.9 Å². The number of hydrogen-bond donors (Lipinski definition) is 0. The van der Waals surface area contributed by atoms with Crippen LogP contribution in [0.25, 0.3) is 0 Å². The summed E-state index contributed by atoms with van der Waals surface area (Å²) in [5.74, 6) is 0.586. The molecule has 0 saturated carbocycles. The van der Waals surface area contributed by atoms with Crippen LogP contribution < -0.4 is 9.47 Å². The number of nitrogens with zero attached hydrogens (tertiary/aromatic N) is 3. The third-order valence-electron chi connectivity index (χ3n) is 4.42. The average Bonchev–Trinajstić information content (AvgIpc) is 2.73. The molecule has 0 spiro atoms. The molecule has 144 valence electrons. The maximum absolute atomic E-state index is 13.0. The number of pyridine rings is 1. The number of rotatable bonds is 5. The zero-order chi connectivity index (χ0) is 19.4. The third kappa shape index (κ3) is 3.88. The molecule has 3 rings (SSSR count). The number of ether oxygens (including phenoxy) is 2. The molecule has 2 aromatic rings. The Balaban J connectivity index is 1.74. The molecule has 2 heterocycles. The summed E-state index contributed by atoms with van der Waals surface area (Å²) in [5, 5.41) is 0. The van der Waals surface area contributed by atoms with Crippen LogP contribution in [-0.4, -0.2) is 68.9 Å².